The molecular formula is C25H21FN2O2. The first-order valence-electron chi connectivity index (χ1n) is 10.0. The summed E-state index contributed by atoms with van der Waals surface area (Å²) < 4.78 is 14.4. The van der Waals surface area contributed by atoms with Gasteiger partial charge in [0, 0.05) is 28.2 Å². The third-order valence-corrected chi connectivity index (χ3v) is 5.84. The second-order valence-electron chi connectivity index (χ2n) is 7.99. The molecule has 0 bridgehead atoms. The van der Waals surface area contributed by atoms with Crippen molar-refractivity contribution in [3.05, 3.63) is 88.5 Å². The largest absolute Gasteiger partial charge is 0.477 e. The van der Waals surface area contributed by atoms with Crippen molar-refractivity contribution in [3.8, 4) is 11.3 Å². The molecule has 5 heteroatoms. The van der Waals surface area contributed by atoms with Crippen LogP contribution in [0.15, 0.2) is 54.7 Å². The van der Waals surface area contributed by atoms with E-state index in [2.05, 4.69) is 22.1 Å². The van der Waals surface area contributed by atoms with Gasteiger partial charge in [-0.25, -0.2) is 9.18 Å². The van der Waals surface area contributed by atoms with Gasteiger partial charge in [0.2, 0.25) is 0 Å². The molecule has 4 aromatic rings. The van der Waals surface area contributed by atoms with Gasteiger partial charge in [0.25, 0.3) is 0 Å². The van der Waals surface area contributed by atoms with Crippen LogP contribution in [0.1, 0.15) is 52.5 Å². The summed E-state index contributed by atoms with van der Waals surface area (Å²) in [5.41, 5.74) is 6.90. The van der Waals surface area contributed by atoms with Gasteiger partial charge in [-0.2, -0.15) is 0 Å². The van der Waals surface area contributed by atoms with E-state index in [1.807, 2.05) is 38.1 Å². The summed E-state index contributed by atoms with van der Waals surface area (Å²) in [5.74, 6) is -1.36. The van der Waals surface area contributed by atoms with Crippen LogP contribution < -0.4 is 0 Å². The number of H-pyrrole nitrogens is 2. The first-order chi connectivity index (χ1) is 14.5. The maximum Gasteiger partial charge on any atom is 0.352 e. The van der Waals surface area contributed by atoms with Crippen molar-refractivity contribution in [3.63, 3.8) is 0 Å². The lowest BCUT2D eigenvalue weighted by molar-refractivity contribution is 0.0691. The highest BCUT2D eigenvalue weighted by Gasteiger charge is 2.30. The molecule has 0 unspecified atom stereocenters. The van der Waals surface area contributed by atoms with Crippen LogP contribution in [-0.4, -0.2) is 21.0 Å². The standard InChI is InChI=1S/C25H21FN2O2/c1-13(2)21-22(18-8-7-14-5-3-4-6-16(14)18)24(25(29)30)28-23(21)19-11-15(26)12-20-17(19)9-10-27-20/h3-6,8-13,27-28H,7H2,1-2H3,(H,29,30). The first kappa shape index (κ1) is 18.4. The van der Waals surface area contributed by atoms with Gasteiger partial charge in [0.05, 0.1) is 5.69 Å². The number of carbonyl (C=O) groups is 1. The number of benzene rings is 2. The molecule has 150 valence electrons. The monoisotopic (exact) mass is 400 g/mol. The number of allylic oxidation sites excluding steroid dienone is 1. The van der Waals surface area contributed by atoms with Crippen LogP contribution in [0.2, 0.25) is 0 Å². The van der Waals surface area contributed by atoms with Gasteiger partial charge in [0.1, 0.15) is 11.5 Å². The van der Waals surface area contributed by atoms with Crippen molar-refractivity contribution in [2.45, 2.75) is 26.2 Å². The molecule has 2 aromatic carbocycles. The highest BCUT2D eigenvalue weighted by Crippen LogP contribution is 2.44. The summed E-state index contributed by atoms with van der Waals surface area (Å²) in [4.78, 5) is 18.4. The average molecular weight is 400 g/mol. The van der Waals surface area contributed by atoms with Crippen molar-refractivity contribution in [2.24, 2.45) is 0 Å². The third kappa shape index (κ3) is 2.70. The molecule has 0 saturated carbocycles. The summed E-state index contributed by atoms with van der Waals surface area (Å²) in [5, 5.41) is 10.9. The van der Waals surface area contributed by atoms with Gasteiger partial charge in [-0.1, -0.05) is 44.2 Å². The number of carboxylic acid groups (broad SMARTS) is 1. The molecule has 0 spiro atoms. The van der Waals surface area contributed by atoms with Crippen LogP contribution in [0.5, 0.6) is 0 Å². The van der Waals surface area contributed by atoms with Gasteiger partial charge in [0.15, 0.2) is 0 Å². The van der Waals surface area contributed by atoms with Crippen LogP contribution in [0.4, 0.5) is 4.39 Å². The van der Waals surface area contributed by atoms with Gasteiger partial charge in [-0.05, 0) is 52.8 Å². The van der Waals surface area contributed by atoms with Gasteiger partial charge >= 0.3 is 5.97 Å². The molecule has 2 heterocycles. The Morgan fingerprint density at radius 1 is 1.13 bits per heavy atom. The predicted molar refractivity (Wildman–Crippen MR) is 116 cm³/mol. The van der Waals surface area contributed by atoms with E-state index in [-0.39, 0.29) is 17.4 Å². The number of hydrogen-bond donors (Lipinski definition) is 3. The zero-order chi connectivity index (χ0) is 21.0. The molecule has 0 atom stereocenters. The fourth-order valence-corrected chi connectivity index (χ4v) is 4.60. The number of nitrogens with one attached hydrogen (secondary N) is 2. The smallest absolute Gasteiger partial charge is 0.352 e. The fraction of sp³-hybridized carbons (Fsp3) is 0.160. The zero-order valence-corrected chi connectivity index (χ0v) is 16.7. The molecule has 4 nitrogen and oxygen atoms in total. The molecule has 0 fully saturated rings. The Labute approximate surface area is 173 Å². The minimum Gasteiger partial charge on any atom is -0.477 e. The molecule has 2 aromatic heterocycles. The lowest BCUT2D eigenvalue weighted by Crippen LogP contribution is -2.03. The fourth-order valence-electron chi connectivity index (χ4n) is 4.60. The Balaban J connectivity index is 1.84. The number of rotatable bonds is 4. The quantitative estimate of drug-likeness (QED) is 0.387. The number of aromatic amines is 2. The molecule has 0 amide bonds. The Hall–Kier alpha value is -3.60. The second kappa shape index (κ2) is 6.73. The molecule has 0 aliphatic heterocycles. The number of carboxylic acids is 1. The molecule has 1 aliphatic carbocycles. The maximum absolute atomic E-state index is 14.4. The molecular weight excluding hydrogens is 379 g/mol. The molecule has 5 rings (SSSR count). The lowest BCUT2D eigenvalue weighted by Gasteiger charge is -2.14. The van der Waals surface area contributed by atoms with Gasteiger partial charge in [-0.15, -0.1) is 0 Å². The van der Waals surface area contributed by atoms with E-state index in [4.69, 9.17) is 0 Å². The number of fused-ring (bicyclic) bond motifs is 2. The summed E-state index contributed by atoms with van der Waals surface area (Å²) >= 11 is 0. The third-order valence-electron chi connectivity index (χ3n) is 5.84. The molecule has 0 radical (unpaired) electrons. The Kier molecular flexibility index (Phi) is 4.13. The Morgan fingerprint density at radius 3 is 2.70 bits per heavy atom. The van der Waals surface area contributed by atoms with E-state index in [0.717, 1.165) is 28.5 Å². The lowest BCUT2D eigenvalue weighted by atomic mass is 9.88. The highest BCUT2D eigenvalue weighted by atomic mass is 19.1. The van der Waals surface area contributed by atoms with E-state index in [0.29, 0.717) is 22.3 Å². The van der Waals surface area contributed by atoms with Crippen LogP contribution in [0.25, 0.3) is 27.7 Å². The number of aromatic nitrogens is 2. The zero-order valence-electron chi connectivity index (χ0n) is 16.7. The minimum absolute atomic E-state index is 0.0327. The number of aromatic carboxylic acids is 1. The van der Waals surface area contributed by atoms with Gasteiger partial charge in [-0.3, -0.25) is 0 Å². The van der Waals surface area contributed by atoms with E-state index in [1.165, 1.54) is 17.7 Å². The summed E-state index contributed by atoms with van der Waals surface area (Å²) in [6, 6.07) is 12.9. The van der Waals surface area contributed by atoms with Crippen LogP contribution in [-0.2, 0) is 6.42 Å². The van der Waals surface area contributed by atoms with E-state index in [9.17, 15) is 14.3 Å². The van der Waals surface area contributed by atoms with Crippen molar-refractivity contribution in [2.75, 3.05) is 0 Å². The summed E-state index contributed by atoms with van der Waals surface area (Å²) in [7, 11) is 0. The van der Waals surface area contributed by atoms with Crippen molar-refractivity contribution < 1.29 is 14.3 Å². The summed E-state index contributed by atoms with van der Waals surface area (Å²) in [6.07, 6.45) is 4.62. The summed E-state index contributed by atoms with van der Waals surface area (Å²) in [6.45, 7) is 4.08. The van der Waals surface area contributed by atoms with Crippen LogP contribution in [0, 0.1) is 5.82 Å². The number of hydrogen-bond acceptors (Lipinski definition) is 1. The van der Waals surface area contributed by atoms with E-state index in [1.54, 1.807) is 6.20 Å². The maximum atomic E-state index is 14.4. The topological polar surface area (TPSA) is 68.9 Å². The Bertz CT molecular complexity index is 1340. The average Bonchev–Trinajstić information content (AvgIpc) is 3.42. The SMILES string of the molecule is CC(C)c1c(-c2cc(F)cc3[nH]ccc23)[nH]c(C(=O)O)c1C1=CCc2ccccc21. The first-order valence-corrected chi connectivity index (χ1v) is 10.0. The van der Waals surface area contributed by atoms with Crippen molar-refractivity contribution in [1.82, 2.24) is 9.97 Å². The van der Waals surface area contributed by atoms with Crippen molar-refractivity contribution in [1.29, 1.82) is 0 Å². The van der Waals surface area contributed by atoms with E-state index >= 15 is 0 Å². The predicted octanol–water partition coefficient (Wildman–Crippen LogP) is 6.11. The molecule has 3 N–H and O–H groups in total. The molecule has 0 saturated heterocycles. The van der Waals surface area contributed by atoms with Crippen LogP contribution in [0.3, 0.4) is 0 Å². The second-order valence-corrected chi connectivity index (χ2v) is 7.99. The molecule has 30 heavy (non-hydrogen) atoms. The van der Waals surface area contributed by atoms with Gasteiger partial charge < -0.3 is 15.1 Å². The Morgan fingerprint density at radius 2 is 1.93 bits per heavy atom. The normalized spacial score (nSPS) is 13.1. The number of halogens is 1. The molecule has 1 aliphatic rings. The minimum atomic E-state index is -1.02. The van der Waals surface area contributed by atoms with Crippen molar-refractivity contribution >= 4 is 22.4 Å². The highest BCUT2D eigenvalue weighted by molar-refractivity contribution is 6.03. The van der Waals surface area contributed by atoms with E-state index < -0.39 is 5.97 Å². The van der Waals surface area contributed by atoms with Crippen LogP contribution >= 0.6 is 0 Å².